The molecule has 4 rings (SSSR count). The van der Waals surface area contributed by atoms with E-state index in [-0.39, 0.29) is 5.56 Å². The first kappa shape index (κ1) is 13.7. The van der Waals surface area contributed by atoms with Gasteiger partial charge >= 0.3 is 0 Å². The first-order chi connectivity index (χ1) is 11.3. The fraction of sp³-hybridized carbons (Fsp3) is 0.0625. The van der Waals surface area contributed by atoms with Gasteiger partial charge in [-0.05, 0) is 23.6 Å². The van der Waals surface area contributed by atoms with Gasteiger partial charge in [0.25, 0.3) is 5.56 Å². The number of nitrogens with one attached hydrogen (secondary N) is 2. The van der Waals surface area contributed by atoms with E-state index in [0.717, 1.165) is 10.6 Å². The van der Waals surface area contributed by atoms with Crippen LogP contribution in [0.15, 0.2) is 57.3 Å². The Morgan fingerprint density at radius 2 is 2.09 bits per heavy atom. The number of aromatic nitrogens is 3. The summed E-state index contributed by atoms with van der Waals surface area (Å²) in [5, 5.41) is 5.61. The van der Waals surface area contributed by atoms with E-state index in [1.807, 2.05) is 29.6 Å². The van der Waals surface area contributed by atoms with Gasteiger partial charge in [0.2, 0.25) is 11.8 Å². The number of oxazole rings is 1. The van der Waals surface area contributed by atoms with E-state index in [4.69, 9.17) is 4.42 Å². The molecule has 6 nitrogen and oxygen atoms in total. The summed E-state index contributed by atoms with van der Waals surface area (Å²) in [5.74, 6) is 1.01. The summed E-state index contributed by atoms with van der Waals surface area (Å²) in [5.41, 5.74) is 1.22. The van der Waals surface area contributed by atoms with Gasteiger partial charge in [-0.2, -0.15) is 0 Å². The van der Waals surface area contributed by atoms with Crippen molar-refractivity contribution >= 4 is 28.2 Å². The molecule has 0 aliphatic heterocycles. The smallest absolute Gasteiger partial charge is 0.260 e. The van der Waals surface area contributed by atoms with Gasteiger partial charge in [0.1, 0.15) is 6.26 Å². The highest BCUT2D eigenvalue weighted by atomic mass is 32.1. The number of nitrogens with zero attached hydrogens (tertiary/aromatic N) is 2. The van der Waals surface area contributed by atoms with Crippen LogP contribution in [0.1, 0.15) is 5.69 Å². The molecular formula is C16H12N4O2S. The van der Waals surface area contributed by atoms with Crippen molar-refractivity contribution in [2.75, 3.05) is 5.32 Å². The largest absolute Gasteiger partial charge is 0.443 e. The fourth-order valence-corrected chi connectivity index (χ4v) is 2.90. The summed E-state index contributed by atoms with van der Waals surface area (Å²) in [7, 11) is 0. The second-order valence-electron chi connectivity index (χ2n) is 4.91. The zero-order valence-electron chi connectivity index (χ0n) is 11.9. The molecule has 3 aromatic heterocycles. The molecule has 0 radical (unpaired) electrons. The maximum absolute atomic E-state index is 12.0. The highest BCUT2D eigenvalue weighted by molar-refractivity contribution is 7.13. The van der Waals surface area contributed by atoms with Crippen molar-refractivity contribution in [3.8, 4) is 10.8 Å². The Bertz CT molecular complexity index is 1000. The lowest BCUT2D eigenvalue weighted by Gasteiger charge is -2.04. The van der Waals surface area contributed by atoms with E-state index in [9.17, 15) is 4.79 Å². The van der Waals surface area contributed by atoms with E-state index in [1.54, 1.807) is 29.7 Å². The molecule has 1 aromatic carbocycles. The molecule has 0 spiro atoms. The van der Waals surface area contributed by atoms with Crippen molar-refractivity contribution in [1.29, 1.82) is 0 Å². The zero-order chi connectivity index (χ0) is 15.6. The van der Waals surface area contributed by atoms with Gasteiger partial charge in [-0.25, -0.2) is 9.97 Å². The van der Waals surface area contributed by atoms with Crippen LogP contribution in [0.25, 0.3) is 21.7 Å². The topological polar surface area (TPSA) is 83.8 Å². The molecule has 7 heteroatoms. The predicted octanol–water partition coefficient (Wildman–Crippen LogP) is 3.25. The zero-order valence-corrected chi connectivity index (χ0v) is 12.8. The molecule has 0 bridgehead atoms. The number of para-hydroxylation sites is 1. The number of rotatable bonds is 4. The second kappa shape index (κ2) is 5.69. The number of thiophene rings is 1. The third kappa shape index (κ3) is 2.74. The maximum atomic E-state index is 12.0. The van der Waals surface area contributed by atoms with Crippen molar-refractivity contribution in [1.82, 2.24) is 15.0 Å². The Kier molecular flexibility index (Phi) is 3.39. The molecule has 3 heterocycles. The fourth-order valence-electron chi connectivity index (χ4n) is 2.25. The van der Waals surface area contributed by atoms with Crippen LogP contribution >= 0.6 is 11.3 Å². The van der Waals surface area contributed by atoms with Crippen LogP contribution in [-0.4, -0.2) is 15.0 Å². The van der Waals surface area contributed by atoms with E-state index in [2.05, 4.69) is 20.3 Å². The quantitative estimate of drug-likeness (QED) is 0.602. The lowest BCUT2D eigenvalue weighted by Crippen LogP contribution is -2.13. The van der Waals surface area contributed by atoms with Crippen LogP contribution in [0.5, 0.6) is 0 Å². The third-order valence-corrected chi connectivity index (χ3v) is 4.19. The summed E-state index contributed by atoms with van der Waals surface area (Å²) in [6.45, 7) is 0.413. The molecule has 114 valence electrons. The van der Waals surface area contributed by atoms with Crippen LogP contribution in [0, 0.1) is 0 Å². The van der Waals surface area contributed by atoms with Gasteiger partial charge in [0, 0.05) is 0 Å². The number of hydrogen-bond donors (Lipinski definition) is 2. The minimum Gasteiger partial charge on any atom is -0.443 e. The number of H-pyrrole nitrogens is 1. The molecule has 0 fully saturated rings. The molecule has 0 aliphatic rings. The molecule has 0 unspecified atom stereocenters. The summed E-state index contributed by atoms with van der Waals surface area (Å²) in [4.78, 5) is 24.5. The molecule has 4 aromatic rings. The van der Waals surface area contributed by atoms with E-state index in [1.165, 1.54) is 0 Å². The molecule has 0 amide bonds. The Hall–Kier alpha value is -2.93. The summed E-state index contributed by atoms with van der Waals surface area (Å²) >= 11 is 1.57. The Balaban J connectivity index is 1.54. The lowest BCUT2D eigenvalue weighted by molar-refractivity contribution is 0.574. The van der Waals surface area contributed by atoms with Crippen molar-refractivity contribution in [3.05, 3.63) is 64.1 Å². The van der Waals surface area contributed by atoms with Crippen molar-refractivity contribution in [2.45, 2.75) is 6.54 Å². The number of benzene rings is 1. The molecule has 0 atom stereocenters. The van der Waals surface area contributed by atoms with Crippen LogP contribution in [0.3, 0.4) is 0 Å². The van der Waals surface area contributed by atoms with Gasteiger partial charge in [0.15, 0.2) is 0 Å². The number of fused-ring (bicyclic) bond motifs is 1. The Morgan fingerprint density at radius 1 is 1.17 bits per heavy atom. The average Bonchev–Trinajstić information content (AvgIpc) is 3.24. The lowest BCUT2D eigenvalue weighted by atomic mass is 10.2. The second-order valence-corrected chi connectivity index (χ2v) is 5.85. The average molecular weight is 324 g/mol. The van der Waals surface area contributed by atoms with E-state index >= 15 is 0 Å². The normalized spacial score (nSPS) is 11.0. The first-order valence-electron chi connectivity index (χ1n) is 7.01. The third-order valence-electron chi connectivity index (χ3n) is 3.33. The van der Waals surface area contributed by atoms with Crippen LogP contribution in [-0.2, 0) is 6.54 Å². The minimum absolute atomic E-state index is 0.169. The highest BCUT2D eigenvalue weighted by Gasteiger charge is 2.08. The van der Waals surface area contributed by atoms with Crippen molar-refractivity contribution < 1.29 is 4.42 Å². The number of aromatic amines is 1. The molecule has 0 saturated carbocycles. The van der Waals surface area contributed by atoms with Gasteiger partial charge in [-0.1, -0.05) is 18.2 Å². The molecular weight excluding hydrogens is 312 g/mol. The number of anilines is 1. The van der Waals surface area contributed by atoms with Crippen LogP contribution < -0.4 is 10.9 Å². The van der Waals surface area contributed by atoms with Gasteiger partial charge in [-0.3, -0.25) is 9.78 Å². The first-order valence-corrected chi connectivity index (χ1v) is 7.89. The minimum atomic E-state index is -0.169. The van der Waals surface area contributed by atoms with E-state index in [0.29, 0.717) is 29.3 Å². The summed E-state index contributed by atoms with van der Waals surface area (Å²) in [6.07, 6.45) is 1.60. The predicted molar refractivity (Wildman–Crippen MR) is 89.5 cm³/mol. The molecule has 2 N–H and O–H groups in total. The molecule has 23 heavy (non-hydrogen) atoms. The van der Waals surface area contributed by atoms with Gasteiger partial charge in [-0.15, -0.1) is 11.3 Å². The van der Waals surface area contributed by atoms with Crippen molar-refractivity contribution in [2.24, 2.45) is 0 Å². The molecule has 0 saturated heterocycles. The highest BCUT2D eigenvalue weighted by Crippen LogP contribution is 2.23. The van der Waals surface area contributed by atoms with Crippen LogP contribution in [0.2, 0.25) is 0 Å². The van der Waals surface area contributed by atoms with Gasteiger partial charge in [0.05, 0.1) is 28.0 Å². The van der Waals surface area contributed by atoms with Crippen LogP contribution in [0.4, 0.5) is 5.95 Å². The van der Waals surface area contributed by atoms with Gasteiger partial charge < -0.3 is 9.73 Å². The maximum Gasteiger partial charge on any atom is 0.260 e. The standard InChI is InChI=1S/C16H12N4O2S/c21-14-11-4-1-2-5-12(11)19-16(20-14)17-8-10-9-22-15(18-10)13-6-3-7-23-13/h1-7,9H,8H2,(H2,17,19,20,21). The van der Waals surface area contributed by atoms with Crippen molar-refractivity contribution in [3.63, 3.8) is 0 Å². The van der Waals surface area contributed by atoms with E-state index < -0.39 is 0 Å². The Labute approximate surface area is 134 Å². The SMILES string of the molecule is O=c1[nH]c(NCc2coc(-c3cccs3)n2)nc2ccccc12. The Morgan fingerprint density at radius 3 is 2.96 bits per heavy atom. The number of hydrogen-bond acceptors (Lipinski definition) is 6. The summed E-state index contributed by atoms with van der Waals surface area (Å²) < 4.78 is 5.46. The monoisotopic (exact) mass is 324 g/mol. The molecule has 0 aliphatic carbocycles. The summed E-state index contributed by atoms with van der Waals surface area (Å²) in [6, 6.07) is 11.1.